The van der Waals surface area contributed by atoms with Gasteiger partial charge in [-0.1, -0.05) is 41.0 Å². The first-order chi connectivity index (χ1) is 9.20. The van der Waals surface area contributed by atoms with Gasteiger partial charge in [-0.05, 0) is 32.7 Å². The summed E-state index contributed by atoms with van der Waals surface area (Å²) < 4.78 is 4.99. The molecule has 0 aromatic carbocycles. The molecule has 1 unspecified atom stereocenters. The second-order valence-electron chi connectivity index (χ2n) is 4.84. The third kappa shape index (κ3) is 8.60. The average Bonchev–Trinajstić information content (AvgIpc) is 2.89. The van der Waals surface area contributed by atoms with E-state index in [1.165, 1.54) is 37.9 Å². The Bertz CT molecular complexity index is 279. The minimum atomic E-state index is -0.297. The topological polar surface area (TPSA) is 38.3 Å². The van der Waals surface area contributed by atoms with Crippen LogP contribution >= 0.6 is 21.6 Å². The minimum Gasteiger partial charge on any atom is -0.461 e. The molecule has 5 heteroatoms. The van der Waals surface area contributed by atoms with Crippen molar-refractivity contribution in [2.75, 3.05) is 25.4 Å². The molecule has 1 N–H and O–H groups in total. The monoisotopic (exact) mass is 303 g/mol. The molecule has 0 spiro atoms. The quantitative estimate of drug-likeness (QED) is 0.290. The highest BCUT2D eigenvalue weighted by molar-refractivity contribution is 8.77. The second-order valence-corrected chi connectivity index (χ2v) is 7.63. The fourth-order valence-corrected chi connectivity index (χ4v) is 4.85. The minimum absolute atomic E-state index is 0.297. The van der Waals surface area contributed by atoms with Crippen LogP contribution in [0.25, 0.3) is 0 Å². The van der Waals surface area contributed by atoms with Crippen LogP contribution in [-0.2, 0) is 9.53 Å². The van der Waals surface area contributed by atoms with E-state index in [0.717, 1.165) is 18.3 Å². The molecule has 1 aliphatic heterocycles. The highest BCUT2D eigenvalue weighted by Crippen LogP contribution is 2.39. The third-order valence-electron chi connectivity index (χ3n) is 2.97. The van der Waals surface area contributed by atoms with Crippen molar-refractivity contribution in [1.82, 2.24) is 5.32 Å². The lowest BCUT2D eigenvalue weighted by Crippen LogP contribution is -2.22. The predicted molar refractivity (Wildman–Crippen MR) is 85.6 cm³/mol. The number of rotatable bonds is 10. The molecule has 0 bridgehead atoms. The predicted octanol–water partition coefficient (Wildman–Crippen LogP) is 3.41. The first kappa shape index (κ1) is 16.9. The Morgan fingerprint density at radius 3 is 2.89 bits per heavy atom. The van der Waals surface area contributed by atoms with Gasteiger partial charge in [0.15, 0.2) is 0 Å². The summed E-state index contributed by atoms with van der Waals surface area (Å²) in [4.78, 5) is 11.1. The lowest BCUT2D eigenvalue weighted by atomic mass is 10.1. The van der Waals surface area contributed by atoms with Gasteiger partial charge < -0.3 is 10.1 Å². The van der Waals surface area contributed by atoms with E-state index in [2.05, 4.69) is 22.7 Å². The third-order valence-corrected chi connectivity index (χ3v) is 5.97. The van der Waals surface area contributed by atoms with Gasteiger partial charge in [-0.15, -0.1) is 0 Å². The molecule has 0 aliphatic carbocycles. The maximum atomic E-state index is 11.1. The molecule has 0 aromatic rings. The molecule has 0 aromatic heterocycles. The van der Waals surface area contributed by atoms with Gasteiger partial charge in [0.2, 0.25) is 0 Å². The van der Waals surface area contributed by atoms with Crippen molar-refractivity contribution in [3.05, 3.63) is 12.2 Å². The molecule has 1 heterocycles. The molecule has 3 nitrogen and oxygen atoms in total. The van der Waals surface area contributed by atoms with E-state index in [1.807, 2.05) is 10.8 Å². The van der Waals surface area contributed by atoms with E-state index in [1.54, 1.807) is 6.92 Å². The molecule has 0 saturated carbocycles. The largest absolute Gasteiger partial charge is 0.461 e. The van der Waals surface area contributed by atoms with Crippen molar-refractivity contribution in [3.8, 4) is 0 Å². The number of ether oxygens (including phenoxy) is 1. The fourth-order valence-electron chi connectivity index (χ4n) is 1.83. The van der Waals surface area contributed by atoms with Gasteiger partial charge in [0, 0.05) is 23.1 Å². The summed E-state index contributed by atoms with van der Waals surface area (Å²) in [6, 6.07) is 0. The normalized spacial score (nSPS) is 18.5. The smallest absolute Gasteiger partial charge is 0.333 e. The first-order valence-corrected chi connectivity index (χ1v) is 9.40. The Morgan fingerprint density at radius 1 is 1.37 bits per heavy atom. The Labute approximate surface area is 124 Å². The molecule has 0 radical (unpaired) electrons. The van der Waals surface area contributed by atoms with Gasteiger partial charge in [-0.2, -0.15) is 0 Å². The van der Waals surface area contributed by atoms with Crippen molar-refractivity contribution in [3.63, 3.8) is 0 Å². The summed E-state index contributed by atoms with van der Waals surface area (Å²) in [5.74, 6) is 1.04. The van der Waals surface area contributed by atoms with Gasteiger partial charge in [0.1, 0.15) is 6.61 Å². The number of carbonyl (C=O) groups excluding carboxylic acids is 1. The van der Waals surface area contributed by atoms with Crippen LogP contribution in [0.1, 0.15) is 39.0 Å². The summed E-state index contributed by atoms with van der Waals surface area (Å²) in [7, 11) is 4.09. The Morgan fingerprint density at radius 2 is 2.21 bits per heavy atom. The second kappa shape index (κ2) is 10.6. The number of hydrogen-bond acceptors (Lipinski definition) is 5. The Kier molecular flexibility index (Phi) is 9.47. The lowest BCUT2D eigenvalue weighted by molar-refractivity contribution is -0.138. The Balaban J connectivity index is 1.78. The summed E-state index contributed by atoms with van der Waals surface area (Å²) in [6.07, 6.45) is 6.60. The zero-order chi connectivity index (χ0) is 13.9. The highest BCUT2D eigenvalue weighted by atomic mass is 33.1. The average molecular weight is 303 g/mol. The van der Waals surface area contributed by atoms with Crippen molar-refractivity contribution in [1.29, 1.82) is 0 Å². The molecule has 110 valence electrons. The molecule has 19 heavy (non-hydrogen) atoms. The van der Waals surface area contributed by atoms with Crippen LogP contribution in [-0.4, -0.2) is 36.7 Å². The van der Waals surface area contributed by atoms with Crippen LogP contribution in [0.2, 0.25) is 0 Å². The van der Waals surface area contributed by atoms with Crippen LogP contribution < -0.4 is 5.32 Å². The molecule has 1 aliphatic rings. The fraction of sp³-hybridized carbons (Fsp3) is 0.786. The molecule has 1 saturated heterocycles. The molecule has 1 atom stereocenters. The first-order valence-electron chi connectivity index (χ1n) is 7.02. The summed E-state index contributed by atoms with van der Waals surface area (Å²) in [5, 5.41) is 4.19. The van der Waals surface area contributed by atoms with Gasteiger partial charge in [-0.3, -0.25) is 0 Å². The molecule has 0 amide bonds. The van der Waals surface area contributed by atoms with Crippen molar-refractivity contribution in [2.24, 2.45) is 0 Å². The van der Waals surface area contributed by atoms with Crippen molar-refractivity contribution >= 4 is 27.6 Å². The van der Waals surface area contributed by atoms with Crippen LogP contribution in [0.5, 0.6) is 0 Å². The van der Waals surface area contributed by atoms with E-state index in [-0.39, 0.29) is 5.97 Å². The van der Waals surface area contributed by atoms with E-state index in [9.17, 15) is 4.79 Å². The van der Waals surface area contributed by atoms with E-state index in [4.69, 9.17) is 4.74 Å². The summed E-state index contributed by atoms with van der Waals surface area (Å²) >= 11 is 0. The van der Waals surface area contributed by atoms with Gasteiger partial charge in [-0.25, -0.2) is 4.79 Å². The van der Waals surface area contributed by atoms with E-state index >= 15 is 0 Å². The standard InChI is InChI=1S/C14H25NO2S2/c1-12(2)14(16)17-10-9-15-8-5-3-4-6-13-7-11-18-19-13/h13,15H,1,3-11H2,2H3. The van der Waals surface area contributed by atoms with Crippen LogP contribution in [0.15, 0.2) is 12.2 Å². The molecule has 1 rings (SSSR count). The number of esters is 1. The van der Waals surface area contributed by atoms with Gasteiger partial charge in [0.25, 0.3) is 0 Å². The number of unbranched alkanes of at least 4 members (excludes halogenated alkanes) is 2. The van der Waals surface area contributed by atoms with Crippen LogP contribution in [0.3, 0.4) is 0 Å². The SMILES string of the molecule is C=C(C)C(=O)OCCNCCCCCC1CCSS1. The van der Waals surface area contributed by atoms with Crippen LogP contribution in [0.4, 0.5) is 0 Å². The van der Waals surface area contributed by atoms with Crippen LogP contribution in [0, 0.1) is 0 Å². The number of hydrogen-bond donors (Lipinski definition) is 1. The maximum Gasteiger partial charge on any atom is 0.333 e. The molecule has 1 fully saturated rings. The zero-order valence-electron chi connectivity index (χ0n) is 11.8. The summed E-state index contributed by atoms with van der Waals surface area (Å²) in [5.41, 5.74) is 0.461. The number of carbonyl (C=O) groups is 1. The maximum absolute atomic E-state index is 11.1. The zero-order valence-corrected chi connectivity index (χ0v) is 13.4. The lowest BCUT2D eigenvalue weighted by Gasteiger charge is -2.08. The highest BCUT2D eigenvalue weighted by Gasteiger charge is 2.15. The summed E-state index contributed by atoms with van der Waals surface area (Å²) in [6.45, 7) is 7.38. The van der Waals surface area contributed by atoms with Crippen molar-refractivity contribution < 1.29 is 9.53 Å². The van der Waals surface area contributed by atoms with Gasteiger partial charge >= 0.3 is 5.97 Å². The molecular formula is C14H25NO2S2. The molecular weight excluding hydrogens is 278 g/mol. The van der Waals surface area contributed by atoms with E-state index < -0.39 is 0 Å². The Hall–Kier alpha value is -0.130. The van der Waals surface area contributed by atoms with E-state index in [0.29, 0.717) is 12.2 Å². The number of nitrogens with one attached hydrogen (secondary N) is 1. The van der Waals surface area contributed by atoms with Crippen molar-refractivity contribution in [2.45, 2.75) is 44.3 Å². The van der Waals surface area contributed by atoms with Gasteiger partial charge in [0.05, 0.1) is 0 Å².